The van der Waals surface area contributed by atoms with Crippen LogP contribution in [0.4, 0.5) is 57.1 Å². The fourth-order valence-electron chi connectivity index (χ4n) is 1.49. The van der Waals surface area contributed by atoms with Crippen LogP contribution in [-0.2, 0) is 4.79 Å². The van der Waals surface area contributed by atoms with E-state index in [4.69, 9.17) is 5.11 Å². The molecule has 0 aromatic heterocycles. The standard InChI is InChI=1S/C11H10F13NO2/c1-4(5(26)27)25-3-2-6(12,13)7(14,15)8(16,17)9(18,19)10(20,21)11(22,23)24/h4,25H,2-3H2,1H3,(H,26,27)/t4-/m0/s1. The number of nitrogens with one attached hydrogen (secondary N) is 1. The second-order valence-corrected chi connectivity index (χ2v) is 5.26. The van der Waals surface area contributed by atoms with E-state index in [0.717, 1.165) is 6.92 Å². The average Bonchev–Trinajstić information content (AvgIpc) is 2.44. The highest BCUT2D eigenvalue weighted by molar-refractivity contribution is 5.72. The summed E-state index contributed by atoms with van der Waals surface area (Å²) in [5.41, 5.74) is 0. The van der Waals surface area contributed by atoms with Gasteiger partial charge in [-0.15, -0.1) is 0 Å². The first-order valence-electron chi connectivity index (χ1n) is 6.50. The summed E-state index contributed by atoms with van der Waals surface area (Å²) in [6.07, 6.45) is -9.94. The van der Waals surface area contributed by atoms with Gasteiger partial charge in [0.05, 0.1) is 0 Å². The van der Waals surface area contributed by atoms with E-state index in [1.165, 1.54) is 0 Å². The van der Waals surface area contributed by atoms with Crippen molar-refractivity contribution < 1.29 is 67.0 Å². The van der Waals surface area contributed by atoms with Crippen LogP contribution in [0.5, 0.6) is 0 Å². The lowest BCUT2D eigenvalue weighted by atomic mass is 9.92. The second-order valence-electron chi connectivity index (χ2n) is 5.26. The summed E-state index contributed by atoms with van der Waals surface area (Å²) in [4.78, 5) is 10.3. The van der Waals surface area contributed by atoms with Crippen molar-refractivity contribution in [2.45, 2.75) is 55.2 Å². The van der Waals surface area contributed by atoms with Gasteiger partial charge < -0.3 is 10.4 Å². The molecule has 2 N–H and O–H groups in total. The molecule has 1 atom stereocenters. The van der Waals surface area contributed by atoms with Gasteiger partial charge in [0.25, 0.3) is 0 Å². The average molecular weight is 435 g/mol. The highest BCUT2D eigenvalue weighted by atomic mass is 19.4. The predicted octanol–water partition coefficient (Wildman–Crippen LogP) is 4.18. The maximum atomic E-state index is 13.3. The Morgan fingerprint density at radius 3 is 1.48 bits per heavy atom. The zero-order valence-corrected chi connectivity index (χ0v) is 12.8. The number of carboxylic acid groups (broad SMARTS) is 1. The zero-order chi connectivity index (χ0) is 22.3. The van der Waals surface area contributed by atoms with Gasteiger partial charge in [-0.2, -0.15) is 57.1 Å². The van der Waals surface area contributed by atoms with E-state index < -0.39 is 60.8 Å². The monoisotopic (exact) mass is 435 g/mol. The van der Waals surface area contributed by atoms with Gasteiger partial charge in [-0.1, -0.05) is 0 Å². The van der Waals surface area contributed by atoms with Crippen molar-refractivity contribution in [2.24, 2.45) is 0 Å². The van der Waals surface area contributed by atoms with E-state index in [2.05, 4.69) is 0 Å². The number of alkyl halides is 13. The molecule has 0 aliphatic carbocycles. The minimum Gasteiger partial charge on any atom is -0.480 e. The number of carbonyl (C=O) groups is 1. The molecule has 0 aromatic carbocycles. The highest BCUT2D eigenvalue weighted by Crippen LogP contribution is 2.60. The minimum atomic E-state index is -7.94. The van der Waals surface area contributed by atoms with E-state index >= 15 is 0 Å². The Morgan fingerprint density at radius 1 is 0.778 bits per heavy atom. The molecule has 3 nitrogen and oxygen atoms in total. The van der Waals surface area contributed by atoms with Gasteiger partial charge in [0, 0.05) is 13.0 Å². The first kappa shape index (κ1) is 25.5. The number of rotatable bonds is 9. The third-order valence-electron chi connectivity index (χ3n) is 3.26. The SMILES string of the molecule is C[C@H](NCCC(F)(F)C(F)(F)C(F)(F)C(F)(F)C(F)(F)C(F)(F)F)C(=O)O. The van der Waals surface area contributed by atoms with Gasteiger partial charge in [0.15, 0.2) is 0 Å². The quantitative estimate of drug-likeness (QED) is 0.535. The Bertz CT molecular complexity index is 543. The number of halogens is 13. The van der Waals surface area contributed by atoms with Crippen LogP contribution in [0.2, 0.25) is 0 Å². The Morgan fingerprint density at radius 2 is 1.15 bits per heavy atom. The van der Waals surface area contributed by atoms with Crippen LogP contribution in [0.3, 0.4) is 0 Å². The summed E-state index contributed by atoms with van der Waals surface area (Å²) in [6, 6.07) is -1.69. The van der Waals surface area contributed by atoms with E-state index in [0.29, 0.717) is 0 Å². The topological polar surface area (TPSA) is 49.3 Å². The lowest BCUT2D eigenvalue weighted by Gasteiger charge is -2.39. The van der Waals surface area contributed by atoms with Crippen molar-refractivity contribution in [1.29, 1.82) is 0 Å². The molecule has 0 aliphatic rings. The molecule has 27 heavy (non-hydrogen) atoms. The van der Waals surface area contributed by atoms with E-state index in [9.17, 15) is 61.9 Å². The van der Waals surface area contributed by atoms with Crippen molar-refractivity contribution in [3.63, 3.8) is 0 Å². The van der Waals surface area contributed by atoms with Crippen LogP contribution in [0.25, 0.3) is 0 Å². The molecule has 0 bridgehead atoms. The molecule has 0 unspecified atom stereocenters. The Hall–Kier alpha value is -1.48. The van der Waals surface area contributed by atoms with Gasteiger partial charge in [-0.25, -0.2) is 0 Å². The van der Waals surface area contributed by atoms with Crippen molar-refractivity contribution in [3.05, 3.63) is 0 Å². The zero-order valence-electron chi connectivity index (χ0n) is 12.8. The van der Waals surface area contributed by atoms with E-state index in [1.54, 1.807) is 5.32 Å². The second kappa shape index (κ2) is 7.16. The van der Waals surface area contributed by atoms with E-state index in [-0.39, 0.29) is 0 Å². The lowest BCUT2D eigenvalue weighted by molar-refractivity contribution is -0.440. The third-order valence-corrected chi connectivity index (χ3v) is 3.26. The van der Waals surface area contributed by atoms with Crippen molar-refractivity contribution >= 4 is 5.97 Å². The molecule has 162 valence electrons. The van der Waals surface area contributed by atoms with Crippen LogP contribution < -0.4 is 5.32 Å². The third kappa shape index (κ3) is 4.18. The fraction of sp³-hybridized carbons (Fsp3) is 0.909. The molecule has 0 saturated heterocycles. The number of hydrogen-bond acceptors (Lipinski definition) is 2. The fourth-order valence-corrected chi connectivity index (χ4v) is 1.49. The number of hydrogen-bond donors (Lipinski definition) is 2. The summed E-state index contributed by atoms with van der Waals surface area (Å²) in [6.45, 7) is -0.724. The van der Waals surface area contributed by atoms with Gasteiger partial charge in [0.1, 0.15) is 6.04 Å². The maximum Gasteiger partial charge on any atom is 0.460 e. The molecule has 0 fully saturated rings. The molecule has 0 aliphatic heterocycles. The summed E-state index contributed by atoms with van der Waals surface area (Å²) in [5.74, 6) is -38.8. The first-order valence-corrected chi connectivity index (χ1v) is 6.50. The molecule has 0 saturated carbocycles. The summed E-state index contributed by atoms with van der Waals surface area (Å²) < 4.78 is 166. The molecule has 0 amide bonds. The van der Waals surface area contributed by atoms with Gasteiger partial charge in [-0.3, -0.25) is 4.79 Å². The molecular formula is C11H10F13NO2. The van der Waals surface area contributed by atoms with Crippen LogP contribution in [0, 0.1) is 0 Å². The van der Waals surface area contributed by atoms with Gasteiger partial charge >= 0.3 is 41.8 Å². The van der Waals surface area contributed by atoms with Crippen LogP contribution in [0.15, 0.2) is 0 Å². The van der Waals surface area contributed by atoms with Gasteiger partial charge in [-0.05, 0) is 6.92 Å². The summed E-state index contributed by atoms with van der Waals surface area (Å²) in [7, 11) is 0. The van der Waals surface area contributed by atoms with E-state index in [1.807, 2.05) is 0 Å². The maximum absolute atomic E-state index is 13.3. The molecule has 0 heterocycles. The Labute approximate surface area is 141 Å². The van der Waals surface area contributed by atoms with Crippen molar-refractivity contribution in [2.75, 3.05) is 6.54 Å². The van der Waals surface area contributed by atoms with Gasteiger partial charge in [0.2, 0.25) is 0 Å². The molecule has 0 spiro atoms. The molecule has 16 heteroatoms. The van der Waals surface area contributed by atoms with Crippen molar-refractivity contribution in [1.82, 2.24) is 5.32 Å². The molecule has 0 radical (unpaired) electrons. The Balaban J connectivity index is 5.77. The molecule has 0 rings (SSSR count). The highest BCUT2D eigenvalue weighted by Gasteiger charge is 2.90. The number of aliphatic carboxylic acids is 1. The normalized spacial score (nSPS) is 16.4. The number of carboxylic acids is 1. The predicted molar refractivity (Wildman–Crippen MR) is 60.5 cm³/mol. The van der Waals surface area contributed by atoms with Crippen LogP contribution >= 0.6 is 0 Å². The van der Waals surface area contributed by atoms with Crippen molar-refractivity contribution in [3.8, 4) is 0 Å². The smallest absolute Gasteiger partial charge is 0.460 e. The summed E-state index contributed by atoms with van der Waals surface area (Å²) in [5, 5.41) is 9.95. The minimum absolute atomic E-state index is 0.783. The Kier molecular flexibility index (Phi) is 6.77. The summed E-state index contributed by atoms with van der Waals surface area (Å²) >= 11 is 0. The largest absolute Gasteiger partial charge is 0.480 e. The molecule has 0 aromatic rings. The first-order chi connectivity index (χ1) is 11.6. The molecular weight excluding hydrogens is 425 g/mol. The lowest BCUT2D eigenvalue weighted by Crippen LogP contribution is -2.70. The van der Waals surface area contributed by atoms with Crippen LogP contribution in [0.1, 0.15) is 13.3 Å². The van der Waals surface area contributed by atoms with Crippen LogP contribution in [-0.4, -0.2) is 59.5 Å².